The summed E-state index contributed by atoms with van der Waals surface area (Å²) in [4.78, 5) is 0. The molecule has 5 heteroatoms. The Morgan fingerprint density at radius 1 is 1.00 bits per heavy atom. The Hall–Kier alpha value is -2.01. The number of benzene rings is 2. The Bertz CT molecular complexity index is 569. The topological polar surface area (TPSA) is 21.3 Å². The molecule has 0 spiro atoms. The average Bonchev–Trinajstić information content (AvgIpc) is 2.47. The molecule has 0 heterocycles. The fraction of sp³-hybridized carbons (Fsp3) is 0.250. The minimum atomic E-state index is -4.39. The maximum absolute atomic E-state index is 13.0. The summed E-state index contributed by atoms with van der Waals surface area (Å²) in [5.74, 6) is 0. The van der Waals surface area contributed by atoms with E-state index < -0.39 is 11.7 Å². The molecule has 2 aromatic rings. The molecule has 112 valence electrons. The number of anilines is 1. The maximum Gasteiger partial charge on any atom is 0.418 e. The second-order valence-corrected chi connectivity index (χ2v) is 4.61. The summed E-state index contributed by atoms with van der Waals surface area (Å²) >= 11 is 0. The predicted octanol–water partition coefficient (Wildman–Crippen LogP) is 4.51. The van der Waals surface area contributed by atoms with Crippen LogP contribution in [-0.4, -0.2) is 13.7 Å². The molecule has 0 bridgehead atoms. The first-order valence-corrected chi connectivity index (χ1v) is 6.49. The number of methoxy groups -OCH3 is 1. The lowest BCUT2D eigenvalue weighted by molar-refractivity contribution is -0.137. The summed E-state index contributed by atoms with van der Waals surface area (Å²) in [6, 6.07) is 14.3. The molecule has 0 radical (unpaired) electrons. The van der Waals surface area contributed by atoms with E-state index in [0.29, 0.717) is 0 Å². The summed E-state index contributed by atoms with van der Waals surface area (Å²) in [5, 5.41) is 2.93. The van der Waals surface area contributed by atoms with Gasteiger partial charge < -0.3 is 10.1 Å². The molecular formula is C16H16F3NO. The molecule has 1 atom stereocenters. The molecule has 0 aromatic heterocycles. The number of para-hydroxylation sites is 1. The number of nitrogens with one attached hydrogen (secondary N) is 1. The Morgan fingerprint density at radius 3 is 2.24 bits per heavy atom. The van der Waals surface area contributed by atoms with Gasteiger partial charge in [0.2, 0.25) is 0 Å². The molecule has 0 saturated carbocycles. The third-order valence-corrected chi connectivity index (χ3v) is 3.10. The Balaban J connectivity index is 2.30. The van der Waals surface area contributed by atoms with Crippen LogP contribution in [0.5, 0.6) is 0 Å². The first-order chi connectivity index (χ1) is 10.0. The van der Waals surface area contributed by atoms with Crippen LogP contribution in [0.3, 0.4) is 0 Å². The van der Waals surface area contributed by atoms with Crippen LogP contribution < -0.4 is 5.32 Å². The van der Waals surface area contributed by atoms with Crippen LogP contribution in [0.25, 0.3) is 0 Å². The summed E-state index contributed by atoms with van der Waals surface area (Å²) in [7, 11) is 1.52. The lowest BCUT2D eigenvalue weighted by Crippen LogP contribution is -2.19. The molecule has 0 saturated heterocycles. The quantitative estimate of drug-likeness (QED) is 0.876. The maximum atomic E-state index is 13.0. The van der Waals surface area contributed by atoms with Crippen molar-refractivity contribution in [2.45, 2.75) is 12.2 Å². The number of alkyl halides is 3. The monoisotopic (exact) mass is 295 g/mol. The molecule has 0 aliphatic rings. The van der Waals surface area contributed by atoms with Crippen molar-refractivity contribution < 1.29 is 17.9 Å². The predicted molar refractivity (Wildman–Crippen MR) is 76.1 cm³/mol. The summed E-state index contributed by atoms with van der Waals surface area (Å²) < 4.78 is 44.2. The van der Waals surface area contributed by atoms with Crippen LogP contribution in [0, 0.1) is 0 Å². The fourth-order valence-electron chi connectivity index (χ4n) is 2.12. The van der Waals surface area contributed by atoms with Gasteiger partial charge in [-0.2, -0.15) is 13.2 Å². The third kappa shape index (κ3) is 3.98. The minimum Gasteiger partial charge on any atom is -0.382 e. The van der Waals surface area contributed by atoms with Crippen molar-refractivity contribution in [2.24, 2.45) is 0 Å². The van der Waals surface area contributed by atoms with Crippen LogP contribution >= 0.6 is 0 Å². The molecule has 21 heavy (non-hydrogen) atoms. The highest BCUT2D eigenvalue weighted by molar-refractivity contribution is 5.54. The van der Waals surface area contributed by atoms with Gasteiger partial charge in [-0.05, 0) is 17.7 Å². The SMILES string of the molecule is COCC(Nc1ccccc1C(F)(F)F)c1ccccc1. The zero-order valence-electron chi connectivity index (χ0n) is 11.5. The van der Waals surface area contributed by atoms with Crippen molar-refractivity contribution >= 4 is 5.69 Å². The Morgan fingerprint density at radius 2 is 1.62 bits per heavy atom. The molecule has 0 fully saturated rings. The van der Waals surface area contributed by atoms with E-state index in [1.54, 1.807) is 6.07 Å². The Labute approximate surface area is 121 Å². The van der Waals surface area contributed by atoms with Crippen molar-refractivity contribution in [1.82, 2.24) is 0 Å². The fourth-order valence-corrected chi connectivity index (χ4v) is 2.12. The van der Waals surface area contributed by atoms with E-state index in [9.17, 15) is 13.2 Å². The minimum absolute atomic E-state index is 0.0518. The zero-order valence-corrected chi connectivity index (χ0v) is 11.5. The van der Waals surface area contributed by atoms with Gasteiger partial charge in [0.15, 0.2) is 0 Å². The molecule has 2 aromatic carbocycles. The van der Waals surface area contributed by atoms with Gasteiger partial charge in [-0.25, -0.2) is 0 Å². The van der Waals surface area contributed by atoms with Crippen molar-refractivity contribution in [3.63, 3.8) is 0 Å². The first kappa shape index (κ1) is 15.4. The van der Waals surface area contributed by atoms with Gasteiger partial charge in [0.1, 0.15) is 0 Å². The lowest BCUT2D eigenvalue weighted by Gasteiger charge is -2.22. The molecular weight excluding hydrogens is 279 g/mol. The lowest BCUT2D eigenvalue weighted by atomic mass is 10.1. The van der Waals surface area contributed by atoms with Gasteiger partial charge in [-0.15, -0.1) is 0 Å². The number of halogens is 3. The van der Waals surface area contributed by atoms with Gasteiger partial charge in [0, 0.05) is 12.8 Å². The zero-order chi connectivity index (χ0) is 15.3. The van der Waals surface area contributed by atoms with E-state index in [1.165, 1.54) is 19.2 Å². The average molecular weight is 295 g/mol. The highest BCUT2D eigenvalue weighted by Gasteiger charge is 2.33. The van der Waals surface area contributed by atoms with E-state index in [1.807, 2.05) is 30.3 Å². The molecule has 0 amide bonds. The van der Waals surface area contributed by atoms with Crippen molar-refractivity contribution in [2.75, 3.05) is 19.0 Å². The number of hydrogen-bond acceptors (Lipinski definition) is 2. The molecule has 2 nitrogen and oxygen atoms in total. The molecule has 1 unspecified atom stereocenters. The number of ether oxygens (including phenoxy) is 1. The first-order valence-electron chi connectivity index (χ1n) is 6.49. The van der Waals surface area contributed by atoms with E-state index in [4.69, 9.17) is 4.74 Å². The van der Waals surface area contributed by atoms with Crippen molar-refractivity contribution in [1.29, 1.82) is 0 Å². The summed E-state index contributed by atoms with van der Waals surface area (Å²) in [6.45, 7) is 0.274. The molecule has 1 N–H and O–H groups in total. The van der Waals surface area contributed by atoms with Crippen LogP contribution in [0.2, 0.25) is 0 Å². The third-order valence-electron chi connectivity index (χ3n) is 3.10. The van der Waals surface area contributed by atoms with Crippen molar-refractivity contribution in [3.8, 4) is 0 Å². The summed E-state index contributed by atoms with van der Waals surface area (Å²) in [6.07, 6.45) is -4.39. The van der Waals surface area contributed by atoms with E-state index in [-0.39, 0.29) is 18.3 Å². The second-order valence-electron chi connectivity index (χ2n) is 4.61. The van der Waals surface area contributed by atoms with Crippen LogP contribution in [0.1, 0.15) is 17.2 Å². The van der Waals surface area contributed by atoms with Crippen LogP contribution in [0.15, 0.2) is 54.6 Å². The smallest absolute Gasteiger partial charge is 0.382 e. The van der Waals surface area contributed by atoms with E-state index in [2.05, 4.69) is 5.32 Å². The summed E-state index contributed by atoms with van der Waals surface area (Å²) in [5.41, 5.74) is 0.245. The van der Waals surface area contributed by atoms with Gasteiger partial charge in [0.05, 0.1) is 18.2 Å². The molecule has 0 aliphatic carbocycles. The van der Waals surface area contributed by atoms with Gasteiger partial charge in [-0.3, -0.25) is 0 Å². The van der Waals surface area contributed by atoms with E-state index in [0.717, 1.165) is 11.6 Å². The Kier molecular flexibility index (Phi) is 4.85. The molecule has 0 aliphatic heterocycles. The largest absolute Gasteiger partial charge is 0.418 e. The highest BCUT2D eigenvalue weighted by atomic mass is 19.4. The standard InChI is InChI=1S/C16H16F3NO/c1-21-11-15(12-7-3-2-4-8-12)20-14-10-6-5-9-13(14)16(17,18)19/h2-10,15,20H,11H2,1H3. The van der Waals surface area contributed by atoms with Gasteiger partial charge in [0.25, 0.3) is 0 Å². The normalized spacial score (nSPS) is 13.0. The van der Waals surface area contributed by atoms with E-state index >= 15 is 0 Å². The van der Waals surface area contributed by atoms with Gasteiger partial charge in [-0.1, -0.05) is 42.5 Å². The van der Waals surface area contributed by atoms with Crippen molar-refractivity contribution in [3.05, 3.63) is 65.7 Å². The van der Waals surface area contributed by atoms with Crippen LogP contribution in [0.4, 0.5) is 18.9 Å². The van der Waals surface area contributed by atoms with Crippen LogP contribution in [-0.2, 0) is 10.9 Å². The highest BCUT2D eigenvalue weighted by Crippen LogP contribution is 2.36. The number of rotatable bonds is 5. The second kappa shape index (κ2) is 6.63. The number of hydrogen-bond donors (Lipinski definition) is 1. The molecule has 2 rings (SSSR count). The van der Waals surface area contributed by atoms with Gasteiger partial charge >= 0.3 is 6.18 Å².